The van der Waals surface area contributed by atoms with Gasteiger partial charge < -0.3 is 10.4 Å². The average Bonchev–Trinajstić information content (AvgIpc) is 3.06. The summed E-state index contributed by atoms with van der Waals surface area (Å²) in [6.07, 6.45) is 1.98. The minimum atomic E-state index is 0.299. The highest BCUT2D eigenvalue weighted by Gasteiger charge is 2.24. The fourth-order valence-electron chi connectivity index (χ4n) is 3.04. The number of aromatic hydroxyl groups is 1. The lowest BCUT2D eigenvalue weighted by Gasteiger charge is -2.16. The van der Waals surface area contributed by atoms with Crippen LogP contribution in [-0.4, -0.2) is 5.11 Å². The van der Waals surface area contributed by atoms with Gasteiger partial charge in [0.15, 0.2) is 0 Å². The van der Waals surface area contributed by atoms with E-state index in [-0.39, 0.29) is 0 Å². The third kappa shape index (κ3) is 1.86. The van der Waals surface area contributed by atoms with Gasteiger partial charge in [-0.3, -0.25) is 0 Å². The highest BCUT2D eigenvalue weighted by molar-refractivity contribution is 7.17. The third-order valence-corrected chi connectivity index (χ3v) is 4.94. The molecule has 0 fully saturated rings. The molecule has 1 unspecified atom stereocenters. The van der Waals surface area contributed by atoms with Crippen LogP contribution in [0.1, 0.15) is 23.6 Å². The Morgan fingerprint density at radius 2 is 2.10 bits per heavy atom. The molecule has 20 heavy (non-hydrogen) atoms. The molecule has 1 aliphatic carbocycles. The van der Waals surface area contributed by atoms with E-state index in [9.17, 15) is 5.11 Å². The third-order valence-electron chi connectivity index (χ3n) is 4.04. The van der Waals surface area contributed by atoms with Crippen LogP contribution < -0.4 is 5.32 Å². The minimum Gasteiger partial charge on any atom is -0.508 e. The molecular formula is C17H15NOS. The summed E-state index contributed by atoms with van der Waals surface area (Å²) in [5, 5.41) is 16.9. The first kappa shape index (κ1) is 11.8. The Kier molecular flexibility index (Phi) is 2.67. The molecule has 2 aromatic carbocycles. The quantitative estimate of drug-likeness (QED) is 0.713. The Hall–Kier alpha value is -2.00. The van der Waals surface area contributed by atoms with Gasteiger partial charge in [-0.25, -0.2) is 0 Å². The fraction of sp³-hybridized carbons (Fsp3) is 0.176. The second kappa shape index (κ2) is 4.53. The zero-order valence-corrected chi connectivity index (χ0v) is 11.8. The van der Waals surface area contributed by atoms with Crippen LogP contribution in [0.15, 0.2) is 47.8 Å². The van der Waals surface area contributed by atoms with Gasteiger partial charge in [0.25, 0.3) is 0 Å². The molecular weight excluding hydrogens is 266 g/mol. The van der Waals surface area contributed by atoms with Crippen molar-refractivity contribution in [3.05, 3.63) is 59.0 Å². The number of rotatable bonds is 2. The van der Waals surface area contributed by atoms with Gasteiger partial charge in [0.2, 0.25) is 0 Å². The topological polar surface area (TPSA) is 32.3 Å². The van der Waals surface area contributed by atoms with Gasteiger partial charge >= 0.3 is 0 Å². The van der Waals surface area contributed by atoms with Gasteiger partial charge in [0, 0.05) is 10.4 Å². The van der Waals surface area contributed by atoms with Gasteiger partial charge in [0.1, 0.15) is 5.75 Å². The molecule has 0 radical (unpaired) electrons. The van der Waals surface area contributed by atoms with E-state index in [1.165, 1.54) is 15.6 Å². The second-order valence-electron chi connectivity index (χ2n) is 5.25. The Labute approximate surface area is 121 Å². The maximum Gasteiger partial charge on any atom is 0.119 e. The number of hydrogen-bond donors (Lipinski definition) is 2. The Bertz CT molecular complexity index is 778. The lowest BCUT2D eigenvalue weighted by Crippen LogP contribution is -2.06. The number of nitrogens with one attached hydrogen (secondary N) is 1. The Balaban J connectivity index is 1.66. The summed E-state index contributed by atoms with van der Waals surface area (Å²) >= 11 is 1.77. The zero-order chi connectivity index (χ0) is 13.5. The second-order valence-corrected chi connectivity index (χ2v) is 6.20. The van der Waals surface area contributed by atoms with Crippen LogP contribution in [0.25, 0.3) is 10.1 Å². The van der Waals surface area contributed by atoms with Crippen LogP contribution >= 0.6 is 11.3 Å². The van der Waals surface area contributed by atoms with Crippen LogP contribution in [0.4, 0.5) is 5.69 Å². The van der Waals surface area contributed by atoms with E-state index < -0.39 is 0 Å². The summed E-state index contributed by atoms with van der Waals surface area (Å²) in [7, 11) is 0. The molecule has 1 aromatic heterocycles. The standard InChI is InChI=1S/C17H15NOS/c19-16-3-1-2-13-14(16)5-6-15(13)18-12-4-7-17-11(10-12)8-9-20-17/h1-4,7-10,15,18-19H,5-6H2. The first-order valence-corrected chi connectivity index (χ1v) is 7.74. The number of thiophene rings is 1. The number of fused-ring (bicyclic) bond motifs is 2. The molecule has 3 aromatic rings. The molecule has 0 spiro atoms. The van der Waals surface area contributed by atoms with Crippen molar-refractivity contribution < 1.29 is 5.11 Å². The largest absolute Gasteiger partial charge is 0.508 e. The van der Waals surface area contributed by atoms with E-state index in [1.54, 1.807) is 17.4 Å². The monoisotopic (exact) mass is 281 g/mol. The molecule has 0 saturated heterocycles. The van der Waals surface area contributed by atoms with Gasteiger partial charge in [-0.05, 0) is 65.1 Å². The number of benzene rings is 2. The van der Waals surface area contributed by atoms with Crippen molar-refractivity contribution in [2.24, 2.45) is 0 Å². The highest BCUT2D eigenvalue weighted by Crippen LogP contribution is 2.38. The Morgan fingerprint density at radius 1 is 1.15 bits per heavy atom. The van der Waals surface area contributed by atoms with Gasteiger partial charge in [0.05, 0.1) is 6.04 Å². The maximum absolute atomic E-state index is 9.90. The van der Waals surface area contributed by atoms with Crippen molar-refractivity contribution in [1.29, 1.82) is 0 Å². The highest BCUT2D eigenvalue weighted by atomic mass is 32.1. The van der Waals surface area contributed by atoms with E-state index in [4.69, 9.17) is 0 Å². The van der Waals surface area contributed by atoms with E-state index >= 15 is 0 Å². The zero-order valence-electron chi connectivity index (χ0n) is 11.0. The van der Waals surface area contributed by atoms with Crippen molar-refractivity contribution in [2.75, 3.05) is 5.32 Å². The van der Waals surface area contributed by atoms with E-state index in [0.29, 0.717) is 11.8 Å². The molecule has 2 N–H and O–H groups in total. The van der Waals surface area contributed by atoms with Crippen LogP contribution in [0, 0.1) is 0 Å². The molecule has 1 aliphatic rings. The first-order valence-electron chi connectivity index (χ1n) is 6.86. The van der Waals surface area contributed by atoms with Crippen LogP contribution in [0.3, 0.4) is 0 Å². The molecule has 0 saturated carbocycles. The SMILES string of the molecule is Oc1cccc2c1CCC2Nc1ccc2sccc2c1. The summed E-state index contributed by atoms with van der Waals surface area (Å²) in [6, 6.07) is 14.8. The summed E-state index contributed by atoms with van der Waals surface area (Å²) in [5.74, 6) is 0.431. The molecule has 2 nitrogen and oxygen atoms in total. The summed E-state index contributed by atoms with van der Waals surface area (Å²) in [6.45, 7) is 0. The van der Waals surface area contributed by atoms with Crippen molar-refractivity contribution in [2.45, 2.75) is 18.9 Å². The maximum atomic E-state index is 9.90. The van der Waals surface area contributed by atoms with Gasteiger partial charge in [-0.15, -0.1) is 11.3 Å². The number of phenolic OH excluding ortho intramolecular Hbond substituents is 1. The van der Waals surface area contributed by atoms with Crippen LogP contribution in [0.2, 0.25) is 0 Å². The number of anilines is 1. The fourth-order valence-corrected chi connectivity index (χ4v) is 3.81. The first-order chi connectivity index (χ1) is 9.81. The molecule has 1 atom stereocenters. The minimum absolute atomic E-state index is 0.299. The molecule has 0 aliphatic heterocycles. The molecule has 3 heteroatoms. The van der Waals surface area contributed by atoms with Crippen LogP contribution in [0.5, 0.6) is 5.75 Å². The lowest BCUT2D eigenvalue weighted by molar-refractivity contribution is 0.469. The van der Waals surface area contributed by atoms with Gasteiger partial charge in [-0.2, -0.15) is 0 Å². The number of phenols is 1. The van der Waals surface area contributed by atoms with E-state index in [1.807, 2.05) is 6.07 Å². The van der Waals surface area contributed by atoms with Crippen molar-refractivity contribution >= 4 is 27.1 Å². The normalized spacial score (nSPS) is 17.3. The van der Waals surface area contributed by atoms with Crippen molar-refractivity contribution in [3.63, 3.8) is 0 Å². The van der Waals surface area contributed by atoms with E-state index in [2.05, 4.69) is 41.0 Å². The number of hydrogen-bond acceptors (Lipinski definition) is 3. The molecule has 0 bridgehead atoms. The summed E-state index contributed by atoms with van der Waals surface area (Å²) < 4.78 is 1.32. The Morgan fingerprint density at radius 3 is 3.05 bits per heavy atom. The molecule has 100 valence electrons. The van der Waals surface area contributed by atoms with Crippen molar-refractivity contribution in [1.82, 2.24) is 0 Å². The molecule has 4 rings (SSSR count). The predicted octanol–water partition coefficient (Wildman–Crippen LogP) is 4.71. The summed E-state index contributed by atoms with van der Waals surface area (Å²) in [5.41, 5.74) is 3.48. The summed E-state index contributed by atoms with van der Waals surface area (Å²) in [4.78, 5) is 0. The average molecular weight is 281 g/mol. The molecule has 1 heterocycles. The lowest BCUT2D eigenvalue weighted by atomic mass is 10.1. The smallest absolute Gasteiger partial charge is 0.119 e. The van der Waals surface area contributed by atoms with E-state index in [0.717, 1.165) is 24.1 Å². The van der Waals surface area contributed by atoms with Crippen LogP contribution in [-0.2, 0) is 6.42 Å². The molecule has 0 amide bonds. The van der Waals surface area contributed by atoms with Gasteiger partial charge in [-0.1, -0.05) is 12.1 Å². The van der Waals surface area contributed by atoms with Crippen molar-refractivity contribution in [3.8, 4) is 5.75 Å². The predicted molar refractivity (Wildman–Crippen MR) is 84.6 cm³/mol.